The molecule has 154 valence electrons. The molecule has 0 aromatic heterocycles. The monoisotopic (exact) mass is 435 g/mol. The molecule has 0 radical (unpaired) electrons. The Balaban J connectivity index is 1.72. The van der Waals surface area contributed by atoms with Crippen LogP contribution in [-0.2, 0) is 27.5 Å². The number of carbonyl (C=O) groups is 2. The molecule has 2 aromatic rings. The topological polar surface area (TPSA) is 66.8 Å². The van der Waals surface area contributed by atoms with Crippen LogP contribution in [-0.4, -0.2) is 34.5 Å². The molecule has 0 spiro atoms. The highest BCUT2D eigenvalue weighted by Crippen LogP contribution is 2.31. The predicted octanol–water partition coefficient (Wildman–Crippen LogP) is 4.79. The molecule has 1 saturated carbocycles. The van der Waals surface area contributed by atoms with Crippen LogP contribution in [0.2, 0.25) is 10.0 Å². The van der Waals surface area contributed by atoms with Crippen LogP contribution in [0.3, 0.4) is 0 Å². The molecule has 3 rings (SSSR count). The summed E-state index contributed by atoms with van der Waals surface area (Å²) in [6.45, 7) is 1.10. The smallest absolute Gasteiger partial charge is 0.306 e. The average molecular weight is 436 g/mol. The highest BCUT2D eigenvalue weighted by molar-refractivity contribution is 6.30. The largest absolute Gasteiger partial charge is 0.481 e. The van der Waals surface area contributed by atoms with Crippen molar-refractivity contribution in [3.63, 3.8) is 0 Å². The van der Waals surface area contributed by atoms with Gasteiger partial charge in [-0.2, -0.15) is 0 Å². The van der Waals surface area contributed by atoms with Gasteiger partial charge in [0.2, 0.25) is 0 Å². The van der Waals surface area contributed by atoms with Gasteiger partial charge in [-0.3, -0.25) is 9.59 Å². The average Bonchev–Trinajstić information content (AvgIpc) is 3.50. The molecule has 1 atom stereocenters. The third-order valence-corrected chi connectivity index (χ3v) is 5.24. The Labute approximate surface area is 180 Å². The van der Waals surface area contributed by atoms with Crippen LogP contribution in [0.15, 0.2) is 48.5 Å². The summed E-state index contributed by atoms with van der Waals surface area (Å²) in [6, 6.07) is 14.4. The fraction of sp³-hybridized carbons (Fsp3) is 0.364. The number of hydrogen-bond acceptors (Lipinski definition) is 3. The number of nitrogens with zero attached hydrogens (tertiary/aromatic N) is 1. The van der Waals surface area contributed by atoms with E-state index in [9.17, 15) is 14.7 Å². The summed E-state index contributed by atoms with van der Waals surface area (Å²) in [5.74, 6) is -0.923. The van der Waals surface area contributed by atoms with Crippen LogP contribution in [0.25, 0.3) is 0 Å². The lowest BCUT2D eigenvalue weighted by atomic mass is 10.1. The summed E-state index contributed by atoms with van der Waals surface area (Å²) < 4.78 is 5.74. The van der Waals surface area contributed by atoms with E-state index in [2.05, 4.69) is 0 Å². The van der Waals surface area contributed by atoms with Crippen molar-refractivity contribution in [1.82, 2.24) is 4.90 Å². The van der Waals surface area contributed by atoms with Gasteiger partial charge in [0.15, 0.2) is 0 Å². The van der Waals surface area contributed by atoms with Crippen molar-refractivity contribution in [2.75, 3.05) is 6.54 Å². The molecule has 5 nitrogen and oxygen atoms in total. The first-order chi connectivity index (χ1) is 13.9. The number of hydrogen-bond donors (Lipinski definition) is 1. The predicted molar refractivity (Wildman–Crippen MR) is 112 cm³/mol. The van der Waals surface area contributed by atoms with Crippen molar-refractivity contribution in [3.8, 4) is 0 Å². The molecule has 0 aliphatic heterocycles. The van der Waals surface area contributed by atoms with E-state index in [1.165, 1.54) is 0 Å². The van der Waals surface area contributed by atoms with Crippen LogP contribution in [0, 0.1) is 5.92 Å². The minimum atomic E-state index is -1.08. The summed E-state index contributed by atoms with van der Waals surface area (Å²) in [4.78, 5) is 26.2. The van der Waals surface area contributed by atoms with E-state index in [4.69, 9.17) is 27.9 Å². The molecule has 0 saturated heterocycles. The zero-order chi connectivity index (χ0) is 20.8. The van der Waals surface area contributed by atoms with Crippen molar-refractivity contribution < 1.29 is 19.4 Å². The van der Waals surface area contributed by atoms with Crippen molar-refractivity contribution in [2.45, 2.75) is 38.5 Å². The summed E-state index contributed by atoms with van der Waals surface area (Å²) in [6.07, 6.45) is 0.716. The van der Waals surface area contributed by atoms with E-state index in [0.717, 1.165) is 24.0 Å². The summed E-state index contributed by atoms with van der Waals surface area (Å²) >= 11 is 11.9. The number of benzene rings is 2. The molecule has 29 heavy (non-hydrogen) atoms. The van der Waals surface area contributed by atoms with Crippen LogP contribution >= 0.6 is 23.2 Å². The number of halogens is 2. The number of carboxylic acid groups (broad SMARTS) is 1. The Hall–Kier alpha value is -2.08. The Kier molecular flexibility index (Phi) is 7.53. The highest BCUT2D eigenvalue weighted by Gasteiger charge is 2.32. The maximum Gasteiger partial charge on any atom is 0.306 e. The summed E-state index contributed by atoms with van der Waals surface area (Å²) in [5, 5.41) is 10.5. The number of amides is 1. The zero-order valence-corrected chi connectivity index (χ0v) is 17.4. The molecule has 1 fully saturated rings. The van der Waals surface area contributed by atoms with Gasteiger partial charge in [0.1, 0.15) is 6.10 Å². The second-order valence-electron chi connectivity index (χ2n) is 7.32. The Morgan fingerprint density at radius 2 is 1.79 bits per heavy atom. The summed E-state index contributed by atoms with van der Waals surface area (Å²) in [7, 11) is 0. The van der Waals surface area contributed by atoms with E-state index in [1.807, 2.05) is 18.2 Å². The molecule has 0 heterocycles. The molecular formula is C22H23Cl2NO4. The van der Waals surface area contributed by atoms with Crippen LogP contribution in [0.5, 0.6) is 0 Å². The van der Waals surface area contributed by atoms with Gasteiger partial charge in [-0.15, -0.1) is 0 Å². The fourth-order valence-electron chi connectivity index (χ4n) is 3.06. The van der Waals surface area contributed by atoms with Gasteiger partial charge < -0.3 is 14.7 Å². The van der Waals surface area contributed by atoms with Crippen molar-refractivity contribution in [1.29, 1.82) is 0 Å². The van der Waals surface area contributed by atoms with Gasteiger partial charge in [0, 0.05) is 23.1 Å². The quantitative estimate of drug-likeness (QED) is 0.582. The number of carbonyl (C=O) groups excluding carboxylic acids is 1. The molecule has 1 unspecified atom stereocenters. The third-order valence-electron chi connectivity index (χ3n) is 4.75. The first kappa shape index (κ1) is 21.6. The first-order valence-electron chi connectivity index (χ1n) is 9.52. The third kappa shape index (κ3) is 7.03. The minimum absolute atomic E-state index is 0.114. The Bertz CT molecular complexity index is 852. The van der Waals surface area contributed by atoms with Crippen LogP contribution in [0.1, 0.15) is 30.4 Å². The lowest BCUT2D eigenvalue weighted by Crippen LogP contribution is -2.42. The molecule has 0 bridgehead atoms. The molecule has 1 aliphatic rings. The number of ether oxygens (including phenoxy) is 1. The Morgan fingerprint density at radius 3 is 2.41 bits per heavy atom. The normalized spacial score (nSPS) is 14.4. The molecule has 1 aliphatic carbocycles. The van der Waals surface area contributed by atoms with Crippen LogP contribution in [0.4, 0.5) is 0 Å². The molecule has 1 amide bonds. The maximum absolute atomic E-state index is 13.2. The molecule has 2 aromatic carbocycles. The van der Waals surface area contributed by atoms with Gasteiger partial charge in [-0.1, -0.05) is 47.5 Å². The fourth-order valence-corrected chi connectivity index (χ4v) is 3.40. The SMILES string of the molecule is O=C(O)CC(OCc1cccc(Cl)c1)C(=O)N(Cc1ccc(Cl)cc1)CC1CC1. The zero-order valence-electron chi connectivity index (χ0n) is 15.9. The van der Waals surface area contributed by atoms with Gasteiger partial charge in [0.05, 0.1) is 13.0 Å². The minimum Gasteiger partial charge on any atom is -0.481 e. The summed E-state index contributed by atoms with van der Waals surface area (Å²) in [5.41, 5.74) is 1.72. The van der Waals surface area contributed by atoms with E-state index in [0.29, 0.717) is 29.1 Å². The second-order valence-corrected chi connectivity index (χ2v) is 8.19. The van der Waals surface area contributed by atoms with Gasteiger partial charge in [-0.25, -0.2) is 0 Å². The van der Waals surface area contributed by atoms with Crippen LogP contribution < -0.4 is 0 Å². The van der Waals surface area contributed by atoms with E-state index in [1.54, 1.807) is 35.2 Å². The molecular weight excluding hydrogens is 413 g/mol. The maximum atomic E-state index is 13.2. The van der Waals surface area contributed by atoms with Gasteiger partial charge in [-0.05, 0) is 54.2 Å². The van der Waals surface area contributed by atoms with Crippen molar-refractivity contribution in [3.05, 3.63) is 69.7 Å². The second kappa shape index (κ2) is 10.1. The number of aliphatic carboxylic acids is 1. The lowest BCUT2D eigenvalue weighted by molar-refractivity contribution is -0.153. The van der Waals surface area contributed by atoms with E-state index >= 15 is 0 Å². The Morgan fingerprint density at radius 1 is 1.07 bits per heavy atom. The van der Waals surface area contributed by atoms with Gasteiger partial charge >= 0.3 is 5.97 Å². The van der Waals surface area contributed by atoms with Gasteiger partial charge in [0.25, 0.3) is 5.91 Å². The lowest BCUT2D eigenvalue weighted by Gasteiger charge is -2.27. The van der Waals surface area contributed by atoms with E-state index < -0.39 is 12.1 Å². The van der Waals surface area contributed by atoms with Crippen molar-refractivity contribution in [2.24, 2.45) is 5.92 Å². The van der Waals surface area contributed by atoms with E-state index in [-0.39, 0.29) is 18.9 Å². The molecule has 7 heteroatoms. The number of carboxylic acids is 1. The van der Waals surface area contributed by atoms with Crippen molar-refractivity contribution >= 4 is 35.1 Å². The first-order valence-corrected chi connectivity index (χ1v) is 10.3. The number of rotatable bonds is 10. The highest BCUT2D eigenvalue weighted by atomic mass is 35.5. The standard InChI is InChI=1S/C22H23Cl2NO4/c23-18-8-6-16(7-9-18)13-25(12-15-4-5-15)22(28)20(11-21(26)27)29-14-17-2-1-3-19(24)10-17/h1-3,6-10,15,20H,4-5,11-14H2,(H,26,27). The molecule has 1 N–H and O–H groups in total.